The van der Waals surface area contributed by atoms with Gasteiger partial charge in [0, 0.05) is 49.7 Å². The van der Waals surface area contributed by atoms with E-state index in [9.17, 15) is 4.79 Å². The number of methoxy groups -OCH3 is 2. The normalized spacial score (nSPS) is 13.7. The molecule has 182 valence electrons. The molecule has 3 aromatic rings. The summed E-state index contributed by atoms with van der Waals surface area (Å²) in [4.78, 5) is 26.0. The Kier molecular flexibility index (Phi) is 7.50. The first-order chi connectivity index (χ1) is 16.9. The van der Waals surface area contributed by atoms with Crippen LogP contribution in [0.4, 0.5) is 17.5 Å². The molecule has 1 aromatic heterocycles. The Morgan fingerprint density at radius 3 is 2.31 bits per heavy atom. The van der Waals surface area contributed by atoms with Crippen molar-refractivity contribution >= 4 is 29.4 Å². The number of hydrogen-bond acceptors (Lipinski definition) is 7. The van der Waals surface area contributed by atoms with Crippen LogP contribution < -0.4 is 19.7 Å². The van der Waals surface area contributed by atoms with Gasteiger partial charge in [-0.2, -0.15) is 4.98 Å². The van der Waals surface area contributed by atoms with Crippen molar-refractivity contribution in [3.05, 3.63) is 71.4 Å². The molecule has 0 saturated carbocycles. The minimum absolute atomic E-state index is 0.0139. The quantitative estimate of drug-likeness (QED) is 0.515. The fourth-order valence-corrected chi connectivity index (χ4v) is 3.92. The molecule has 8 heteroatoms. The number of aromatic nitrogens is 2. The van der Waals surface area contributed by atoms with Crippen molar-refractivity contribution in [1.82, 2.24) is 14.9 Å². The number of anilines is 3. The lowest BCUT2D eigenvalue weighted by atomic mass is 10.2. The van der Waals surface area contributed by atoms with Crippen molar-refractivity contribution < 1.29 is 14.3 Å². The first-order valence-electron chi connectivity index (χ1n) is 11.6. The van der Waals surface area contributed by atoms with Crippen LogP contribution in [-0.2, 0) is 4.79 Å². The highest BCUT2D eigenvalue weighted by atomic mass is 16.5. The Labute approximate surface area is 206 Å². The summed E-state index contributed by atoms with van der Waals surface area (Å²) < 4.78 is 10.6. The number of ether oxygens (including phenoxy) is 2. The zero-order chi connectivity index (χ0) is 24.8. The molecule has 35 heavy (non-hydrogen) atoms. The molecule has 0 atom stereocenters. The monoisotopic (exact) mass is 473 g/mol. The van der Waals surface area contributed by atoms with Crippen LogP contribution in [0.5, 0.6) is 11.5 Å². The molecular weight excluding hydrogens is 442 g/mol. The van der Waals surface area contributed by atoms with Crippen molar-refractivity contribution in [2.75, 3.05) is 50.6 Å². The molecule has 2 heterocycles. The maximum Gasteiger partial charge on any atom is 0.246 e. The molecule has 0 radical (unpaired) electrons. The van der Waals surface area contributed by atoms with Gasteiger partial charge < -0.3 is 24.6 Å². The number of rotatable bonds is 7. The van der Waals surface area contributed by atoms with E-state index in [-0.39, 0.29) is 5.91 Å². The Hall–Kier alpha value is -4.07. The first kappa shape index (κ1) is 24.1. The second kappa shape index (κ2) is 10.9. The standard InChI is InChI=1S/C27H31N5O3/c1-19-5-9-22(10-6-19)29-27-28-20(2)17-25(30-27)31-13-15-32(16-14-31)26(33)12-8-21-7-11-23(34-3)24(18-21)35-4/h5-12,17-18H,13-16H2,1-4H3,(H,28,29,30)/b12-8+. The zero-order valence-corrected chi connectivity index (χ0v) is 20.6. The first-order valence-corrected chi connectivity index (χ1v) is 11.6. The van der Waals surface area contributed by atoms with E-state index in [4.69, 9.17) is 14.5 Å². The second-order valence-electron chi connectivity index (χ2n) is 8.44. The summed E-state index contributed by atoms with van der Waals surface area (Å²) >= 11 is 0. The molecule has 1 aliphatic heterocycles. The van der Waals surface area contributed by atoms with Crippen LogP contribution in [0.1, 0.15) is 16.8 Å². The number of benzene rings is 2. The minimum Gasteiger partial charge on any atom is -0.493 e. The second-order valence-corrected chi connectivity index (χ2v) is 8.44. The van der Waals surface area contributed by atoms with Gasteiger partial charge in [-0.1, -0.05) is 23.8 Å². The van der Waals surface area contributed by atoms with E-state index in [2.05, 4.69) is 34.3 Å². The van der Waals surface area contributed by atoms with Gasteiger partial charge in [-0.05, 0) is 49.8 Å². The average Bonchev–Trinajstić information content (AvgIpc) is 2.88. The predicted molar refractivity (Wildman–Crippen MR) is 139 cm³/mol. The number of carbonyl (C=O) groups is 1. The summed E-state index contributed by atoms with van der Waals surface area (Å²) in [6.45, 7) is 6.68. The van der Waals surface area contributed by atoms with Crippen molar-refractivity contribution in [3.8, 4) is 11.5 Å². The van der Waals surface area contributed by atoms with Gasteiger partial charge in [0.1, 0.15) is 5.82 Å². The van der Waals surface area contributed by atoms with Crippen LogP contribution in [0.3, 0.4) is 0 Å². The lowest BCUT2D eigenvalue weighted by Crippen LogP contribution is -2.48. The predicted octanol–water partition coefficient (Wildman–Crippen LogP) is 4.22. The molecule has 1 amide bonds. The molecular formula is C27H31N5O3. The van der Waals surface area contributed by atoms with Gasteiger partial charge >= 0.3 is 0 Å². The van der Waals surface area contributed by atoms with Gasteiger partial charge in [-0.15, -0.1) is 0 Å². The SMILES string of the molecule is COc1ccc(/C=C/C(=O)N2CCN(c3cc(C)nc(Nc4ccc(C)cc4)n3)CC2)cc1OC. The number of hydrogen-bond donors (Lipinski definition) is 1. The number of amides is 1. The zero-order valence-electron chi connectivity index (χ0n) is 20.6. The van der Waals surface area contributed by atoms with E-state index in [0.717, 1.165) is 22.8 Å². The molecule has 1 saturated heterocycles. The third-order valence-corrected chi connectivity index (χ3v) is 5.89. The van der Waals surface area contributed by atoms with Crippen LogP contribution in [-0.4, -0.2) is 61.2 Å². The molecule has 0 aliphatic carbocycles. The van der Waals surface area contributed by atoms with Gasteiger partial charge in [0.05, 0.1) is 14.2 Å². The van der Waals surface area contributed by atoms with Crippen LogP contribution in [0, 0.1) is 13.8 Å². The van der Waals surface area contributed by atoms with Crippen LogP contribution in [0.15, 0.2) is 54.6 Å². The molecule has 2 aromatic carbocycles. The highest BCUT2D eigenvalue weighted by Gasteiger charge is 2.21. The molecule has 1 fully saturated rings. The van der Waals surface area contributed by atoms with Gasteiger partial charge in [0.25, 0.3) is 0 Å². The summed E-state index contributed by atoms with van der Waals surface area (Å²) in [5.74, 6) is 2.71. The maximum absolute atomic E-state index is 12.8. The highest BCUT2D eigenvalue weighted by Crippen LogP contribution is 2.28. The summed E-state index contributed by atoms with van der Waals surface area (Å²) in [7, 11) is 3.19. The molecule has 0 spiro atoms. The third kappa shape index (κ3) is 6.09. The van der Waals surface area contributed by atoms with Crippen LogP contribution >= 0.6 is 0 Å². The van der Waals surface area contributed by atoms with Crippen molar-refractivity contribution in [3.63, 3.8) is 0 Å². The number of nitrogens with zero attached hydrogens (tertiary/aromatic N) is 4. The average molecular weight is 474 g/mol. The van der Waals surface area contributed by atoms with E-state index < -0.39 is 0 Å². The summed E-state index contributed by atoms with van der Waals surface area (Å²) in [5, 5.41) is 3.29. The topological polar surface area (TPSA) is 79.8 Å². The van der Waals surface area contributed by atoms with Crippen molar-refractivity contribution in [2.45, 2.75) is 13.8 Å². The fourth-order valence-electron chi connectivity index (χ4n) is 3.92. The lowest BCUT2D eigenvalue weighted by Gasteiger charge is -2.35. The Morgan fingerprint density at radius 2 is 1.63 bits per heavy atom. The highest BCUT2D eigenvalue weighted by molar-refractivity contribution is 5.92. The van der Waals surface area contributed by atoms with Gasteiger partial charge in [-0.3, -0.25) is 4.79 Å². The number of carbonyl (C=O) groups excluding carboxylic acids is 1. The molecule has 0 bridgehead atoms. The summed E-state index contributed by atoms with van der Waals surface area (Å²) in [6.07, 6.45) is 3.41. The molecule has 0 unspecified atom stereocenters. The Balaban J connectivity index is 1.37. The molecule has 8 nitrogen and oxygen atoms in total. The third-order valence-electron chi connectivity index (χ3n) is 5.89. The Morgan fingerprint density at radius 1 is 0.914 bits per heavy atom. The van der Waals surface area contributed by atoms with E-state index in [1.165, 1.54) is 5.56 Å². The van der Waals surface area contributed by atoms with Crippen molar-refractivity contribution in [2.24, 2.45) is 0 Å². The van der Waals surface area contributed by atoms with Crippen LogP contribution in [0.2, 0.25) is 0 Å². The summed E-state index contributed by atoms with van der Waals surface area (Å²) in [6, 6.07) is 15.7. The number of piperazine rings is 1. The van der Waals surface area contributed by atoms with Gasteiger partial charge in [0.15, 0.2) is 11.5 Å². The van der Waals surface area contributed by atoms with Crippen molar-refractivity contribution in [1.29, 1.82) is 0 Å². The summed E-state index contributed by atoms with van der Waals surface area (Å²) in [5.41, 5.74) is 3.91. The molecule has 1 aliphatic rings. The van der Waals surface area contributed by atoms with Gasteiger partial charge in [-0.25, -0.2) is 4.98 Å². The van der Waals surface area contributed by atoms with E-state index >= 15 is 0 Å². The Bertz CT molecular complexity index is 1200. The van der Waals surface area contributed by atoms with E-state index in [0.29, 0.717) is 43.6 Å². The molecule has 1 N–H and O–H groups in total. The molecule has 4 rings (SSSR count). The van der Waals surface area contributed by atoms with Gasteiger partial charge in [0.2, 0.25) is 11.9 Å². The van der Waals surface area contributed by atoms with E-state index in [1.54, 1.807) is 26.4 Å². The maximum atomic E-state index is 12.8. The van der Waals surface area contributed by atoms with E-state index in [1.807, 2.05) is 48.2 Å². The largest absolute Gasteiger partial charge is 0.493 e. The smallest absolute Gasteiger partial charge is 0.246 e. The number of nitrogens with one attached hydrogen (secondary N) is 1. The number of aryl methyl sites for hydroxylation is 2. The lowest BCUT2D eigenvalue weighted by molar-refractivity contribution is -0.126. The fraction of sp³-hybridized carbons (Fsp3) is 0.296. The van der Waals surface area contributed by atoms with Crippen LogP contribution in [0.25, 0.3) is 6.08 Å². The minimum atomic E-state index is -0.0139.